The zero-order valence-electron chi connectivity index (χ0n) is 16.9. The summed E-state index contributed by atoms with van der Waals surface area (Å²) in [6, 6.07) is 1.21. The van der Waals surface area contributed by atoms with E-state index in [0.29, 0.717) is 12.1 Å². The average molecular weight is 421 g/mol. The van der Waals surface area contributed by atoms with Crippen molar-refractivity contribution in [3.8, 4) is 0 Å². The van der Waals surface area contributed by atoms with Gasteiger partial charge in [0, 0.05) is 21.8 Å². The standard InChI is InChI=1S/C20H32N6S2/c1-3-9-21-13-5-7-15-17(11-13)27-19(23-15)25-26-20-24-16-8-6-14(22-10-4-2)12-18(16)28-20/h13-14,21-22H,3-12H2,1-2H3,(H,23,25)(H,24,26)/t13-,14-/m0/s1. The first-order valence-corrected chi connectivity index (χ1v) is 12.3. The minimum absolute atomic E-state index is 0.605. The lowest BCUT2D eigenvalue weighted by Gasteiger charge is -2.21. The molecule has 8 heteroatoms. The predicted molar refractivity (Wildman–Crippen MR) is 120 cm³/mol. The second-order valence-electron chi connectivity index (χ2n) is 7.82. The van der Waals surface area contributed by atoms with Gasteiger partial charge in [-0.2, -0.15) is 0 Å². The molecule has 0 spiro atoms. The summed E-state index contributed by atoms with van der Waals surface area (Å²) in [5.41, 5.74) is 9.14. The van der Waals surface area contributed by atoms with E-state index in [1.807, 2.05) is 0 Å². The third kappa shape index (κ3) is 4.84. The summed E-state index contributed by atoms with van der Waals surface area (Å²) in [6.45, 7) is 6.66. The minimum atomic E-state index is 0.605. The van der Waals surface area contributed by atoms with E-state index in [9.17, 15) is 0 Å². The van der Waals surface area contributed by atoms with Gasteiger partial charge < -0.3 is 10.6 Å². The van der Waals surface area contributed by atoms with Crippen LogP contribution in [0.2, 0.25) is 0 Å². The number of hydrogen-bond donors (Lipinski definition) is 4. The number of fused-ring (bicyclic) bond motifs is 2. The van der Waals surface area contributed by atoms with Crippen LogP contribution >= 0.6 is 22.7 Å². The molecule has 6 nitrogen and oxygen atoms in total. The summed E-state index contributed by atoms with van der Waals surface area (Å²) in [4.78, 5) is 12.4. The summed E-state index contributed by atoms with van der Waals surface area (Å²) in [5, 5.41) is 9.22. The third-order valence-electron chi connectivity index (χ3n) is 5.52. The van der Waals surface area contributed by atoms with Crippen LogP contribution < -0.4 is 21.5 Å². The summed E-state index contributed by atoms with van der Waals surface area (Å²) < 4.78 is 0. The van der Waals surface area contributed by atoms with E-state index in [1.165, 1.54) is 46.8 Å². The Morgan fingerprint density at radius 1 is 0.786 bits per heavy atom. The molecule has 0 amide bonds. The molecule has 2 aliphatic rings. The van der Waals surface area contributed by atoms with Crippen molar-refractivity contribution in [2.45, 2.75) is 77.3 Å². The molecule has 154 valence electrons. The third-order valence-corrected chi connectivity index (χ3v) is 7.59. The molecule has 0 radical (unpaired) electrons. The highest BCUT2D eigenvalue weighted by Gasteiger charge is 2.23. The molecule has 0 saturated carbocycles. The number of rotatable bonds is 9. The highest BCUT2D eigenvalue weighted by Crippen LogP contribution is 2.32. The summed E-state index contributed by atoms with van der Waals surface area (Å²) in [6.07, 6.45) is 9.12. The molecule has 0 aliphatic heterocycles. The van der Waals surface area contributed by atoms with Crippen molar-refractivity contribution in [1.29, 1.82) is 0 Å². The lowest BCUT2D eigenvalue weighted by molar-refractivity contribution is 0.459. The Morgan fingerprint density at radius 3 is 1.68 bits per heavy atom. The van der Waals surface area contributed by atoms with Gasteiger partial charge in [-0.15, -0.1) is 22.7 Å². The number of anilines is 2. The highest BCUT2D eigenvalue weighted by molar-refractivity contribution is 7.16. The lowest BCUT2D eigenvalue weighted by atomic mass is 9.98. The van der Waals surface area contributed by atoms with Crippen molar-refractivity contribution in [2.75, 3.05) is 23.9 Å². The van der Waals surface area contributed by atoms with Crippen LogP contribution in [0.5, 0.6) is 0 Å². The molecule has 2 aromatic rings. The second-order valence-corrected chi connectivity index (χ2v) is 9.98. The predicted octanol–water partition coefficient (Wildman–Crippen LogP) is 3.75. The fourth-order valence-corrected chi connectivity index (χ4v) is 6.09. The topological polar surface area (TPSA) is 73.9 Å². The Morgan fingerprint density at radius 2 is 1.25 bits per heavy atom. The van der Waals surface area contributed by atoms with E-state index in [-0.39, 0.29) is 0 Å². The number of aryl methyl sites for hydroxylation is 2. The first kappa shape index (κ1) is 20.1. The van der Waals surface area contributed by atoms with Crippen molar-refractivity contribution < 1.29 is 0 Å². The van der Waals surface area contributed by atoms with Gasteiger partial charge in [-0.3, -0.25) is 10.9 Å². The first-order valence-electron chi connectivity index (χ1n) is 10.7. The van der Waals surface area contributed by atoms with Gasteiger partial charge in [0.2, 0.25) is 10.3 Å². The van der Waals surface area contributed by atoms with Crippen molar-refractivity contribution >= 4 is 32.9 Å². The molecule has 0 saturated heterocycles. The molecule has 2 aromatic heterocycles. The molecule has 2 aliphatic carbocycles. The monoisotopic (exact) mass is 420 g/mol. The van der Waals surface area contributed by atoms with Crippen LogP contribution in [0, 0.1) is 0 Å². The van der Waals surface area contributed by atoms with Crippen LogP contribution in [0.3, 0.4) is 0 Å². The Bertz CT molecular complexity index is 707. The van der Waals surface area contributed by atoms with E-state index in [2.05, 4.69) is 35.3 Å². The van der Waals surface area contributed by atoms with Crippen LogP contribution in [0.4, 0.5) is 10.3 Å². The van der Waals surface area contributed by atoms with Gasteiger partial charge in [0.05, 0.1) is 11.4 Å². The molecule has 0 aromatic carbocycles. The molecule has 0 unspecified atom stereocenters. The number of nitrogens with zero attached hydrogens (tertiary/aromatic N) is 2. The van der Waals surface area contributed by atoms with Crippen LogP contribution in [-0.2, 0) is 25.7 Å². The van der Waals surface area contributed by atoms with Gasteiger partial charge in [-0.05, 0) is 64.5 Å². The number of thiazole rings is 2. The van der Waals surface area contributed by atoms with E-state index >= 15 is 0 Å². The second kappa shape index (κ2) is 9.52. The largest absolute Gasteiger partial charge is 0.314 e. The average Bonchev–Trinajstić information content (AvgIpc) is 3.31. The number of nitrogens with one attached hydrogen (secondary N) is 4. The summed E-state index contributed by atoms with van der Waals surface area (Å²) in [5.74, 6) is 0. The molecule has 2 heterocycles. The minimum Gasteiger partial charge on any atom is -0.314 e. The van der Waals surface area contributed by atoms with Crippen molar-refractivity contribution in [2.24, 2.45) is 0 Å². The highest BCUT2D eigenvalue weighted by atomic mass is 32.1. The Balaban J connectivity index is 1.31. The van der Waals surface area contributed by atoms with Gasteiger partial charge in [0.25, 0.3) is 0 Å². The number of hydrogen-bond acceptors (Lipinski definition) is 8. The number of hydrazine groups is 1. The van der Waals surface area contributed by atoms with Gasteiger partial charge in [0.15, 0.2) is 0 Å². The van der Waals surface area contributed by atoms with Crippen molar-refractivity contribution in [3.63, 3.8) is 0 Å². The maximum atomic E-state index is 4.79. The number of aromatic nitrogens is 2. The van der Waals surface area contributed by atoms with E-state index in [4.69, 9.17) is 9.97 Å². The van der Waals surface area contributed by atoms with Crippen LogP contribution in [-0.4, -0.2) is 35.1 Å². The van der Waals surface area contributed by atoms with Gasteiger partial charge in [0.1, 0.15) is 0 Å². The van der Waals surface area contributed by atoms with Crippen LogP contribution in [0.25, 0.3) is 0 Å². The summed E-state index contributed by atoms with van der Waals surface area (Å²) >= 11 is 3.56. The molecule has 28 heavy (non-hydrogen) atoms. The maximum absolute atomic E-state index is 4.79. The van der Waals surface area contributed by atoms with Crippen LogP contribution in [0.15, 0.2) is 0 Å². The normalized spacial score (nSPS) is 21.2. The van der Waals surface area contributed by atoms with Gasteiger partial charge >= 0.3 is 0 Å². The van der Waals surface area contributed by atoms with E-state index in [0.717, 1.165) is 49.0 Å². The Kier molecular flexibility index (Phi) is 6.82. The molecule has 0 bridgehead atoms. The molecule has 2 atom stereocenters. The molecular weight excluding hydrogens is 388 g/mol. The summed E-state index contributed by atoms with van der Waals surface area (Å²) in [7, 11) is 0. The SMILES string of the molecule is CCCN[C@H]1CCc2nc(NNc3nc4c(s3)C[C@@H](NCCC)CC4)sc2C1. The fraction of sp³-hybridized carbons (Fsp3) is 0.700. The zero-order chi connectivity index (χ0) is 19.3. The fourth-order valence-electron chi connectivity index (χ4n) is 4.01. The quantitative estimate of drug-likeness (QED) is 0.463. The lowest BCUT2D eigenvalue weighted by Crippen LogP contribution is -2.34. The van der Waals surface area contributed by atoms with Crippen molar-refractivity contribution in [3.05, 3.63) is 21.1 Å². The molecule has 4 rings (SSSR count). The molecule has 4 N–H and O–H groups in total. The molecule has 0 fully saturated rings. The first-order chi connectivity index (χ1) is 13.7. The Hall–Kier alpha value is -1.22. The van der Waals surface area contributed by atoms with Crippen molar-refractivity contribution in [1.82, 2.24) is 20.6 Å². The smallest absolute Gasteiger partial charge is 0.202 e. The maximum Gasteiger partial charge on any atom is 0.202 e. The van der Waals surface area contributed by atoms with Crippen LogP contribution in [0.1, 0.15) is 60.7 Å². The van der Waals surface area contributed by atoms with Gasteiger partial charge in [-0.1, -0.05) is 13.8 Å². The molecular formula is C20H32N6S2. The zero-order valence-corrected chi connectivity index (χ0v) is 18.6. The van der Waals surface area contributed by atoms with E-state index < -0.39 is 0 Å². The Labute approximate surface area is 175 Å². The van der Waals surface area contributed by atoms with Gasteiger partial charge in [-0.25, -0.2) is 9.97 Å². The van der Waals surface area contributed by atoms with E-state index in [1.54, 1.807) is 22.7 Å².